The molecule has 5 rings (SSSR count). The Morgan fingerprint density at radius 2 is 1.74 bits per heavy atom. The Balaban J connectivity index is 0.000000199. The number of fused-ring (bicyclic) bond motifs is 1. The second-order valence-corrected chi connectivity index (χ2v) is 11.5. The number of likely N-dealkylation sites (N-methyl/N-ethyl adjacent to an activating group) is 1. The minimum Gasteiger partial charge on any atom is -0.383 e. The van der Waals surface area contributed by atoms with E-state index < -0.39 is 11.8 Å². The lowest BCUT2D eigenvalue weighted by molar-refractivity contribution is -0.144. The van der Waals surface area contributed by atoms with Gasteiger partial charge in [-0.2, -0.15) is 0 Å². The zero-order valence-corrected chi connectivity index (χ0v) is 25.4. The van der Waals surface area contributed by atoms with Crippen molar-refractivity contribution in [2.75, 3.05) is 50.8 Å². The highest BCUT2D eigenvalue weighted by atomic mass is 16.2. The number of pyridine rings is 1. The molecule has 2 aromatic heterocycles. The number of hydrogen-bond acceptors (Lipinski definition) is 8. The molecule has 1 saturated heterocycles. The van der Waals surface area contributed by atoms with Gasteiger partial charge in [-0.3, -0.25) is 14.5 Å². The summed E-state index contributed by atoms with van der Waals surface area (Å²) in [6.45, 7) is 13.3. The van der Waals surface area contributed by atoms with Crippen LogP contribution in [0, 0.1) is 12.3 Å². The summed E-state index contributed by atoms with van der Waals surface area (Å²) in [4.78, 5) is 49.3. The van der Waals surface area contributed by atoms with Gasteiger partial charge in [0.05, 0.1) is 18.4 Å². The number of aryl methyl sites for hydroxylation is 1. The molecular weight excluding hydrogens is 532 g/mol. The molecule has 11 nitrogen and oxygen atoms in total. The molecule has 42 heavy (non-hydrogen) atoms. The van der Waals surface area contributed by atoms with Gasteiger partial charge in [-0.1, -0.05) is 50.2 Å². The molecule has 2 aliphatic rings. The van der Waals surface area contributed by atoms with Crippen molar-refractivity contribution >= 4 is 29.6 Å². The maximum atomic E-state index is 12.2. The van der Waals surface area contributed by atoms with E-state index in [1.807, 2.05) is 76.6 Å². The van der Waals surface area contributed by atoms with Crippen LogP contribution in [0.25, 0.3) is 0 Å². The summed E-state index contributed by atoms with van der Waals surface area (Å²) in [5, 5.41) is 2.57. The Kier molecular flexibility index (Phi) is 11.8. The number of nitrogens with one attached hydrogen (secondary N) is 1. The Morgan fingerprint density at radius 3 is 2.33 bits per heavy atom. The highest BCUT2D eigenvalue weighted by molar-refractivity contribution is 6.39. The van der Waals surface area contributed by atoms with Gasteiger partial charge in [0.25, 0.3) is 0 Å². The van der Waals surface area contributed by atoms with Crippen molar-refractivity contribution in [3.8, 4) is 0 Å². The summed E-state index contributed by atoms with van der Waals surface area (Å²) in [7, 11) is 2.01. The molecule has 0 spiro atoms. The van der Waals surface area contributed by atoms with Gasteiger partial charge in [0, 0.05) is 63.1 Å². The van der Waals surface area contributed by atoms with Gasteiger partial charge in [0.1, 0.15) is 17.9 Å². The fourth-order valence-corrected chi connectivity index (χ4v) is 4.57. The van der Waals surface area contributed by atoms with Crippen molar-refractivity contribution in [3.05, 3.63) is 72.4 Å². The summed E-state index contributed by atoms with van der Waals surface area (Å²) >= 11 is 0. The first kappa shape index (κ1) is 32.4. The average Bonchev–Trinajstić information content (AvgIpc) is 3.45. The molecule has 11 heteroatoms. The van der Waals surface area contributed by atoms with Crippen molar-refractivity contribution in [3.63, 3.8) is 0 Å². The lowest BCUT2D eigenvalue weighted by Gasteiger charge is -2.37. The van der Waals surface area contributed by atoms with Crippen molar-refractivity contribution in [1.29, 1.82) is 0 Å². The van der Waals surface area contributed by atoms with Crippen molar-refractivity contribution < 1.29 is 14.4 Å². The number of nitrogens with zero attached hydrogens (tertiary/aromatic N) is 6. The normalized spacial score (nSPS) is 17.1. The molecule has 0 radical (unpaired) electrons. The van der Waals surface area contributed by atoms with Crippen LogP contribution in [0.5, 0.6) is 0 Å². The maximum absolute atomic E-state index is 12.2. The highest BCUT2D eigenvalue weighted by Crippen LogP contribution is 2.18. The molecule has 3 N–H and O–H groups in total. The van der Waals surface area contributed by atoms with Gasteiger partial charge in [-0.15, -0.1) is 0 Å². The minimum atomic E-state index is -0.641. The molecule has 0 bridgehead atoms. The highest BCUT2D eigenvalue weighted by Gasteiger charge is 2.28. The molecule has 0 saturated carbocycles. The first-order valence-electron chi connectivity index (χ1n) is 14.2. The van der Waals surface area contributed by atoms with Crippen LogP contribution in [0.15, 0.2) is 61.1 Å². The molecule has 1 aromatic carbocycles. The monoisotopic (exact) mass is 576 g/mol. The van der Waals surface area contributed by atoms with Gasteiger partial charge in [-0.05, 0) is 32.5 Å². The standard InChI is InChI=1S/C14H21N5O2.C11H17N3O.C6H6/c1-9-6-11(7-16-12(9)15)17-13(20)14(21)19-5-4-18(3)10(2)8-19;1-11(2,9-15)8-13-5-6-14-4-3-12-10(14)7-13;1-2-4-6-5-3-1/h6-7,10H,4-5,8H2,1-3H3,(H2,15,16)(H,17,20);3-4,9H,5-8H2,1-2H3;1-6H. The van der Waals surface area contributed by atoms with E-state index in [2.05, 4.69) is 29.7 Å². The fraction of sp³-hybridized carbons (Fsp3) is 0.452. The fourth-order valence-electron chi connectivity index (χ4n) is 4.57. The van der Waals surface area contributed by atoms with Crippen LogP contribution in [-0.4, -0.2) is 93.1 Å². The van der Waals surface area contributed by atoms with E-state index in [4.69, 9.17) is 5.73 Å². The third-order valence-corrected chi connectivity index (χ3v) is 7.26. The van der Waals surface area contributed by atoms with Gasteiger partial charge < -0.3 is 30.2 Å². The summed E-state index contributed by atoms with van der Waals surface area (Å²) in [6.07, 6.45) is 6.33. The van der Waals surface area contributed by atoms with Gasteiger partial charge in [-0.25, -0.2) is 9.97 Å². The number of piperazine rings is 1. The largest absolute Gasteiger partial charge is 0.383 e. The second-order valence-electron chi connectivity index (χ2n) is 11.5. The smallest absolute Gasteiger partial charge is 0.313 e. The van der Waals surface area contributed by atoms with Crippen LogP contribution in [0.3, 0.4) is 0 Å². The topological polar surface area (TPSA) is 130 Å². The third kappa shape index (κ3) is 9.78. The number of nitrogens with two attached hydrogens (primary N) is 1. The van der Waals surface area contributed by atoms with Crippen LogP contribution in [0.4, 0.5) is 11.5 Å². The number of rotatable bonds is 4. The van der Waals surface area contributed by atoms with Crippen LogP contribution in [0.2, 0.25) is 0 Å². The maximum Gasteiger partial charge on any atom is 0.313 e. The van der Waals surface area contributed by atoms with E-state index in [-0.39, 0.29) is 11.5 Å². The Labute approximate surface area is 248 Å². The van der Waals surface area contributed by atoms with Crippen LogP contribution in [0.1, 0.15) is 32.2 Å². The third-order valence-electron chi connectivity index (χ3n) is 7.26. The Morgan fingerprint density at radius 1 is 1.07 bits per heavy atom. The van der Waals surface area contributed by atoms with Gasteiger partial charge in [0.2, 0.25) is 0 Å². The molecule has 2 aliphatic heterocycles. The van der Waals surface area contributed by atoms with Gasteiger partial charge >= 0.3 is 11.8 Å². The average molecular weight is 577 g/mol. The zero-order valence-electron chi connectivity index (χ0n) is 25.4. The van der Waals surface area contributed by atoms with Crippen molar-refractivity contribution in [2.24, 2.45) is 5.41 Å². The Hall–Kier alpha value is -4.09. The number of aromatic nitrogens is 3. The van der Waals surface area contributed by atoms with E-state index in [1.165, 1.54) is 6.20 Å². The number of nitrogen functional groups attached to an aromatic ring is 1. The number of anilines is 2. The molecular formula is C31H44N8O3. The number of benzene rings is 1. The predicted octanol–water partition coefficient (Wildman–Crippen LogP) is 2.68. The molecule has 4 heterocycles. The molecule has 0 aliphatic carbocycles. The van der Waals surface area contributed by atoms with Crippen molar-refractivity contribution in [2.45, 2.75) is 46.8 Å². The molecule has 1 atom stereocenters. The summed E-state index contributed by atoms with van der Waals surface area (Å²) in [6, 6.07) is 13.9. The number of carbonyl (C=O) groups excluding carboxylic acids is 3. The minimum absolute atomic E-state index is 0.246. The zero-order chi connectivity index (χ0) is 30.7. The van der Waals surface area contributed by atoms with Crippen LogP contribution in [-0.2, 0) is 27.5 Å². The molecule has 3 aromatic rings. The summed E-state index contributed by atoms with van der Waals surface area (Å²) < 4.78 is 2.17. The number of carbonyl (C=O) groups is 3. The van der Waals surface area contributed by atoms with Crippen LogP contribution < -0.4 is 11.1 Å². The van der Waals surface area contributed by atoms with E-state index in [1.54, 1.807) is 17.9 Å². The quantitative estimate of drug-likeness (QED) is 0.358. The number of aldehydes is 1. The SMILES string of the molecule is CC(C)(C=O)CN1CCn2ccnc2C1.Cc1cc(NC(=O)C(=O)N2CCN(C)C(C)C2)cnc1N.c1ccccc1. The summed E-state index contributed by atoms with van der Waals surface area (Å²) in [5.74, 6) is 0.359. The lowest BCUT2D eigenvalue weighted by Crippen LogP contribution is -2.54. The first-order valence-corrected chi connectivity index (χ1v) is 14.2. The number of hydrogen-bond donors (Lipinski definition) is 2. The molecule has 2 amide bonds. The van der Waals surface area contributed by atoms with E-state index in [0.717, 1.165) is 50.4 Å². The molecule has 1 fully saturated rings. The second kappa shape index (κ2) is 15.2. The first-order chi connectivity index (χ1) is 20.0. The van der Waals surface area contributed by atoms with E-state index >= 15 is 0 Å². The lowest BCUT2D eigenvalue weighted by atomic mass is 9.95. The predicted molar refractivity (Wildman–Crippen MR) is 164 cm³/mol. The van der Waals surface area contributed by atoms with E-state index in [9.17, 15) is 14.4 Å². The van der Waals surface area contributed by atoms with Crippen LogP contribution >= 0.6 is 0 Å². The van der Waals surface area contributed by atoms with E-state index in [0.29, 0.717) is 24.6 Å². The Bertz CT molecular complexity index is 1280. The summed E-state index contributed by atoms with van der Waals surface area (Å²) in [5.41, 5.74) is 6.60. The molecule has 1 unspecified atom stereocenters. The van der Waals surface area contributed by atoms with Gasteiger partial charge in [0.15, 0.2) is 0 Å². The van der Waals surface area contributed by atoms with Crippen molar-refractivity contribution in [1.82, 2.24) is 29.2 Å². The number of amides is 2. The molecule has 226 valence electrons. The number of imidazole rings is 1.